The average Bonchev–Trinajstić information content (AvgIpc) is 2.16. The Morgan fingerprint density at radius 2 is 1.88 bits per heavy atom. The van der Waals surface area contributed by atoms with Crippen LogP contribution >= 0.6 is 0 Å². The van der Waals surface area contributed by atoms with Gasteiger partial charge >= 0.3 is 0 Å². The van der Waals surface area contributed by atoms with E-state index in [9.17, 15) is 8.78 Å². The summed E-state index contributed by atoms with van der Waals surface area (Å²) in [4.78, 5) is 0. The van der Waals surface area contributed by atoms with E-state index in [1.54, 1.807) is 7.05 Å². The van der Waals surface area contributed by atoms with Crippen LogP contribution in [0.25, 0.3) is 0 Å². The van der Waals surface area contributed by atoms with Gasteiger partial charge in [-0.2, -0.15) is 0 Å². The van der Waals surface area contributed by atoms with Gasteiger partial charge in [-0.15, -0.1) is 0 Å². The van der Waals surface area contributed by atoms with E-state index in [-0.39, 0.29) is 11.9 Å². The molecule has 1 aromatic rings. The third-order valence-electron chi connectivity index (χ3n) is 1.92. The van der Waals surface area contributed by atoms with Crippen molar-refractivity contribution in [3.63, 3.8) is 0 Å². The van der Waals surface area contributed by atoms with Crippen molar-refractivity contribution in [2.24, 2.45) is 0 Å². The molecular formula is C11H15F2NO2. The fraction of sp³-hybridized carbons (Fsp3) is 0.455. The Kier molecular flexibility index (Phi) is 5.14. The van der Waals surface area contributed by atoms with Crippen molar-refractivity contribution < 1.29 is 18.3 Å². The summed E-state index contributed by atoms with van der Waals surface area (Å²) in [6.45, 7) is 0.880. The Hall–Kier alpha value is -1.20. The van der Waals surface area contributed by atoms with Gasteiger partial charge in [0, 0.05) is 31.9 Å². The predicted octanol–water partition coefficient (Wildman–Crippen LogP) is 1.58. The van der Waals surface area contributed by atoms with Gasteiger partial charge in [0.2, 0.25) is 0 Å². The van der Waals surface area contributed by atoms with Crippen LogP contribution < -0.4 is 10.1 Å². The first kappa shape index (κ1) is 12.9. The van der Waals surface area contributed by atoms with Crippen molar-refractivity contribution in [1.29, 1.82) is 0 Å². The molecule has 1 aromatic carbocycles. The van der Waals surface area contributed by atoms with Gasteiger partial charge in [-0.1, -0.05) is 0 Å². The highest BCUT2D eigenvalue weighted by Gasteiger charge is 2.10. The Labute approximate surface area is 93.4 Å². The first-order valence-corrected chi connectivity index (χ1v) is 4.92. The molecule has 0 aliphatic carbocycles. The summed E-state index contributed by atoms with van der Waals surface area (Å²) in [6, 6.07) is 3.08. The highest BCUT2D eigenvalue weighted by molar-refractivity contribution is 5.24. The quantitative estimate of drug-likeness (QED) is 0.806. The van der Waals surface area contributed by atoms with E-state index in [1.165, 1.54) is 7.11 Å². The van der Waals surface area contributed by atoms with Gasteiger partial charge in [0.05, 0.1) is 6.61 Å². The number of ether oxygens (including phenoxy) is 2. The Bertz CT molecular complexity index is 308. The lowest BCUT2D eigenvalue weighted by Crippen LogP contribution is -2.33. The zero-order valence-corrected chi connectivity index (χ0v) is 9.30. The maximum Gasteiger partial charge on any atom is 0.134 e. The molecule has 0 spiro atoms. The van der Waals surface area contributed by atoms with Gasteiger partial charge < -0.3 is 14.8 Å². The van der Waals surface area contributed by atoms with Crippen molar-refractivity contribution in [3.8, 4) is 5.75 Å². The summed E-state index contributed by atoms with van der Waals surface area (Å²) < 4.78 is 36.1. The maximum absolute atomic E-state index is 12.9. The molecule has 5 heteroatoms. The molecule has 0 aromatic heterocycles. The van der Waals surface area contributed by atoms with Crippen LogP contribution in [0.3, 0.4) is 0 Å². The molecule has 16 heavy (non-hydrogen) atoms. The van der Waals surface area contributed by atoms with Gasteiger partial charge in [-0.05, 0) is 7.05 Å². The highest BCUT2D eigenvalue weighted by Crippen LogP contribution is 2.16. The number of likely N-dealkylation sites (N-methyl/N-ethyl adjacent to an activating group) is 1. The lowest BCUT2D eigenvalue weighted by atomic mass is 10.3. The molecule has 1 rings (SSSR count). The Balaban J connectivity index is 2.68. The van der Waals surface area contributed by atoms with E-state index >= 15 is 0 Å². The van der Waals surface area contributed by atoms with Gasteiger partial charge in [0.1, 0.15) is 23.5 Å². The monoisotopic (exact) mass is 231 g/mol. The van der Waals surface area contributed by atoms with Crippen LogP contribution in [0, 0.1) is 11.6 Å². The highest BCUT2D eigenvalue weighted by atomic mass is 19.1. The molecule has 1 unspecified atom stereocenters. The summed E-state index contributed by atoms with van der Waals surface area (Å²) in [6.07, 6.45) is -0.281. The van der Waals surface area contributed by atoms with Crippen LogP contribution in [-0.4, -0.2) is 33.4 Å². The van der Waals surface area contributed by atoms with Crippen LogP contribution in [0.1, 0.15) is 0 Å². The number of hydrogen-bond acceptors (Lipinski definition) is 3. The molecular weight excluding hydrogens is 216 g/mol. The van der Waals surface area contributed by atoms with Crippen molar-refractivity contribution in [2.75, 3.05) is 27.3 Å². The van der Waals surface area contributed by atoms with Crippen LogP contribution in [-0.2, 0) is 4.74 Å². The van der Waals surface area contributed by atoms with Crippen LogP contribution in [0.4, 0.5) is 8.78 Å². The number of benzene rings is 1. The molecule has 1 atom stereocenters. The summed E-state index contributed by atoms with van der Waals surface area (Å²) in [5.41, 5.74) is 0. The molecule has 90 valence electrons. The van der Waals surface area contributed by atoms with Gasteiger partial charge in [0.15, 0.2) is 0 Å². The number of hydrogen-bond donors (Lipinski definition) is 1. The first-order valence-electron chi connectivity index (χ1n) is 4.92. The largest absolute Gasteiger partial charge is 0.486 e. The summed E-state index contributed by atoms with van der Waals surface area (Å²) in [5, 5.41) is 2.91. The Morgan fingerprint density at radius 3 is 2.38 bits per heavy atom. The van der Waals surface area contributed by atoms with Crippen molar-refractivity contribution in [1.82, 2.24) is 5.32 Å². The number of nitrogens with one attached hydrogen (secondary N) is 1. The molecule has 0 bridgehead atoms. The lowest BCUT2D eigenvalue weighted by molar-refractivity contribution is 0.0814. The zero-order valence-electron chi connectivity index (χ0n) is 9.30. The van der Waals surface area contributed by atoms with E-state index in [1.807, 2.05) is 0 Å². The minimum Gasteiger partial charge on any atom is -0.486 e. The molecule has 3 nitrogen and oxygen atoms in total. The average molecular weight is 231 g/mol. The molecule has 0 radical (unpaired) electrons. The molecule has 0 heterocycles. The minimum absolute atomic E-state index is 0.162. The fourth-order valence-electron chi connectivity index (χ4n) is 1.34. The van der Waals surface area contributed by atoms with E-state index in [0.29, 0.717) is 13.2 Å². The van der Waals surface area contributed by atoms with E-state index in [4.69, 9.17) is 9.47 Å². The topological polar surface area (TPSA) is 30.5 Å². The summed E-state index contributed by atoms with van der Waals surface area (Å²) >= 11 is 0. The van der Waals surface area contributed by atoms with Crippen LogP contribution in [0.2, 0.25) is 0 Å². The zero-order chi connectivity index (χ0) is 12.0. The van der Waals surface area contributed by atoms with Gasteiger partial charge in [-0.3, -0.25) is 0 Å². The van der Waals surface area contributed by atoms with E-state index in [0.717, 1.165) is 18.2 Å². The smallest absolute Gasteiger partial charge is 0.134 e. The van der Waals surface area contributed by atoms with Gasteiger partial charge in [-0.25, -0.2) is 8.78 Å². The second-order valence-corrected chi connectivity index (χ2v) is 3.36. The second kappa shape index (κ2) is 6.40. The minimum atomic E-state index is -0.657. The fourth-order valence-corrected chi connectivity index (χ4v) is 1.34. The first-order chi connectivity index (χ1) is 7.65. The van der Waals surface area contributed by atoms with Gasteiger partial charge in [0.25, 0.3) is 0 Å². The number of halogens is 2. The third kappa shape index (κ3) is 4.12. The van der Waals surface area contributed by atoms with Crippen molar-refractivity contribution >= 4 is 0 Å². The summed E-state index contributed by atoms with van der Waals surface area (Å²) in [7, 11) is 3.30. The third-order valence-corrected chi connectivity index (χ3v) is 1.92. The number of rotatable bonds is 6. The summed E-state index contributed by atoms with van der Waals surface area (Å²) in [5.74, 6) is -1.15. The SMILES string of the molecule is CNCC(COC)Oc1cc(F)cc(F)c1. The molecule has 0 aliphatic heterocycles. The van der Waals surface area contributed by atoms with Crippen LogP contribution in [0.5, 0.6) is 5.75 Å². The second-order valence-electron chi connectivity index (χ2n) is 3.36. The molecule has 0 saturated carbocycles. The predicted molar refractivity (Wildman–Crippen MR) is 56.6 cm³/mol. The maximum atomic E-state index is 12.9. The van der Waals surface area contributed by atoms with E-state index in [2.05, 4.69) is 5.32 Å². The van der Waals surface area contributed by atoms with E-state index < -0.39 is 11.6 Å². The molecule has 0 aliphatic rings. The molecule has 0 saturated heterocycles. The lowest BCUT2D eigenvalue weighted by Gasteiger charge is -2.18. The Morgan fingerprint density at radius 1 is 1.25 bits per heavy atom. The number of methoxy groups -OCH3 is 1. The molecule has 0 fully saturated rings. The van der Waals surface area contributed by atoms with Crippen LogP contribution in [0.15, 0.2) is 18.2 Å². The van der Waals surface area contributed by atoms with Crippen molar-refractivity contribution in [2.45, 2.75) is 6.10 Å². The normalized spacial score (nSPS) is 12.5. The molecule has 0 amide bonds. The standard InChI is InChI=1S/C11H15F2NO2/c1-14-6-11(7-15-2)16-10-4-8(12)3-9(13)5-10/h3-5,11,14H,6-7H2,1-2H3. The molecule has 1 N–H and O–H groups in total. The van der Waals surface area contributed by atoms with Crippen molar-refractivity contribution in [3.05, 3.63) is 29.8 Å².